The van der Waals surface area contributed by atoms with Gasteiger partial charge in [-0.15, -0.1) is 0 Å². The van der Waals surface area contributed by atoms with Crippen molar-refractivity contribution in [1.82, 2.24) is 20.3 Å². The first-order chi connectivity index (χ1) is 17.2. The van der Waals surface area contributed by atoms with Crippen LogP contribution in [-0.4, -0.2) is 41.0 Å². The van der Waals surface area contributed by atoms with E-state index in [-0.39, 0.29) is 24.2 Å². The summed E-state index contributed by atoms with van der Waals surface area (Å²) in [6, 6.07) is 10.9. The summed E-state index contributed by atoms with van der Waals surface area (Å²) < 4.78 is 51.9. The van der Waals surface area contributed by atoms with Gasteiger partial charge in [-0.1, -0.05) is 12.1 Å². The molecule has 0 bridgehead atoms. The van der Waals surface area contributed by atoms with Crippen molar-refractivity contribution in [3.05, 3.63) is 65.5 Å². The smallest absolute Gasteiger partial charge is 0.357 e. The quantitative estimate of drug-likeness (QED) is 0.458. The molecule has 0 saturated carbocycles. The Balaban J connectivity index is 1.32. The van der Waals surface area contributed by atoms with Gasteiger partial charge in [-0.2, -0.15) is 28.1 Å². The van der Waals surface area contributed by atoms with Crippen LogP contribution in [0.5, 0.6) is 0 Å². The van der Waals surface area contributed by atoms with Gasteiger partial charge in [0.25, 0.3) is 0 Å². The topological polar surface area (TPSA) is 83.0 Å². The van der Waals surface area contributed by atoms with Gasteiger partial charge in [-0.3, -0.25) is 4.79 Å². The molecule has 0 unspecified atom stereocenters. The zero-order valence-corrected chi connectivity index (χ0v) is 19.6. The maximum atomic E-state index is 13.3. The SMILES string of the molecule is CNc1nc(-c2ccc(F)cc2)nc(N2CCC(CC(=O)NCc3cccc(C(F)(F)F)c3)CC2)n1. The predicted octanol–water partition coefficient (Wildman–Crippen LogP) is 4.66. The van der Waals surface area contributed by atoms with Crippen LogP contribution in [0.4, 0.5) is 29.5 Å². The average molecular weight is 503 g/mol. The van der Waals surface area contributed by atoms with E-state index < -0.39 is 11.7 Å². The van der Waals surface area contributed by atoms with E-state index in [1.165, 1.54) is 18.2 Å². The van der Waals surface area contributed by atoms with Gasteiger partial charge >= 0.3 is 6.18 Å². The second kappa shape index (κ2) is 10.9. The van der Waals surface area contributed by atoms with E-state index in [0.717, 1.165) is 25.0 Å². The van der Waals surface area contributed by atoms with E-state index >= 15 is 0 Å². The van der Waals surface area contributed by atoms with Crippen molar-refractivity contribution in [2.24, 2.45) is 5.92 Å². The van der Waals surface area contributed by atoms with E-state index in [4.69, 9.17) is 0 Å². The molecule has 1 fully saturated rings. The molecule has 7 nitrogen and oxygen atoms in total. The summed E-state index contributed by atoms with van der Waals surface area (Å²) in [5.41, 5.74) is 0.341. The average Bonchev–Trinajstić information content (AvgIpc) is 2.88. The Kier molecular flexibility index (Phi) is 7.66. The first-order valence-electron chi connectivity index (χ1n) is 11.6. The lowest BCUT2D eigenvalue weighted by Gasteiger charge is -2.32. The molecule has 4 rings (SSSR count). The minimum atomic E-state index is -4.42. The molecule has 0 aliphatic carbocycles. The van der Waals surface area contributed by atoms with Crippen molar-refractivity contribution >= 4 is 17.8 Å². The number of halogens is 4. The normalized spacial score (nSPS) is 14.5. The standard InChI is InChI=1S/C25H26F4N6O/c1-30-23-32-22(18-5-7-20(26)8-6-18)33-24(34-23)35-11-9-16(10-12-35)14-21(36)31-15-17-3-2-4-19(13-17)25(27,28)29/h2-8,13,16H,9-12,14-15H2,1H3,(H,31,36)(H,30,32,33,34). The van der Waals surface area contributed by atoms with E-state index in [1.807, 2.05) is 4.90 Å². The number of carbonyl (C=O) groups excluding carboxylic acids is 1. The first-order valence-corrected chi connectivity index (χ1v) is 11.6. The molecular formula is C25H26F4N6O. The zero-order chi connectivity index (χ0) is 25.7. The highest BCUT2D eigenvalue weighted by Crippen LogP contribution is 2.30. The van der Waals surface area contributed by atoms with Gasteiger partial charge in [-0.25, -0.2) is 4.39 Å². The lowest BCUT2D eigenvalue weighted by molar-refractivity contribution is -0.137. The number of hydrogen-bond acceptors (Lipinski definition) is 6. The Labute approximate surface area is 206 Å². The Morgan fingerprint density at radius 3 is 2.44 bits per heavy atom. The van der Waals surface area contributed by atoms with Crippen molar-refractivity contribution in [2.45, 2.75) is 32.0 Å². The number of nitrogens with zero attached hydrogens (tertiary/aromatic N) is 4. The fourth-order valence-corrected chi connectivity index (χ4v) is 4.08. The first kappa shape index (κ1) is 25.3. The molecule has 0 radical (unpaired) electrons. The van der Waals surface area contributed by atoms with Crippen LogP contribution in [0.25, 0.3) is 11.4 Å². The van der Waals surface area contributed by atoms with E-state index in [1.54, 1.807) is 25.2 Å². The largest absolute Gasteiger partial charge is 0.416 e. The Morgan fingerprint density at radius 1 is 1.06 bits per heavy atom. The van der Waals surface area contributed by atoms with Gasteiger partial charge < -0.3 is 15.5 Å². The van der Waals surface area contributed by atoms with Crippen molar-refractivity contribution in [1.29, 1.82) is 0 Å². The fraction of sp³-hybridized carbons (Fsp3) is 0.360. The van der Waals surface area contributed by atoms with Crippen LogP contribution >= 0.6 is 0 Å². The van der Waals surface area contributed by atoms with Crippen LogP contribution in [-0.2, 0) is 17.5 Å². The number of anilines is 2. The molecule has 2 N–H and O–H groups in total. The third-order valence-corrected chi connectivity index (χ3v) is 6.07. The second-order valence-electron chi connectivity index (χ2n) is 8.65. The predicted molar refractivity (Wildman–Crippen MR) is 128 cm³/mol. The molecule has 1 aliphatic heterocycles. The fourth-order valence-electron chi connectivity index (χ4n) is 4.08. The molecule has 0 atom stereocenters. The molecule has 36 heavy (non-hydrogen) atoms. The molecule has 1 aliphatic rings. The molecule has 2 heterocycles. The number of rotatable bonds is 7. The summed E-state index contributed by atoms with van der Waals surface area (Å²) in [4.78, 5) is 27.8. The molecule has 1 aromatic heterocycles. The molecule has 2 aromatic carbocycles. The van der Waals surface area contributed by atoms with Crippen LogP contribution in [0.3, 0.4) is 0 Å². The van der Waals surface area contributed by atoms with Crippen LogP contribution < -0.4 is 15.5 Å². The van der Waals surface area contributed by atoms with Crippen molar-refractivity contribution < 1.29 is 22.4 Å². The number of piperidine rings is 1. The van der Waals surface area contributed by atoms with Gasteiger partial charge in [0, 0.05) is 38.7 Å². The van der Waals surface area contributed by atoms with Gasteiger partial charge in [-0.05, 0) is 60.7 Å². The molecular weight excluding hydrogens is 476 g/mol. The van der Waals surface area contributed by atoms with Gasteiger partial charge in [0.2, 0.25) is 17.8 Å². The minimum absolute atomic E-state index is 0.0470. The highest BCUT2D eigenvalue weighted by Gasteiger charge is 2.30. The van der Waals surface area contributed by atoms with E-state index in [0.29, 0.717) is 48.4 Å². The number of benzene rings is 2. The molecule has 3 aromatic rings. The maximum Gasteiger partial charge on any atom is 0.416 e. The molecule has 0 spiro atoms. The van der Waals surface area contributed by atoms with Crippen LogP contribution in [0.1, 0.15) is 30.4 Å². The lowest BCUT2D eigenvalue weighted by atomic mass is 9.93. The van der Waals surface area contributed by atoms with Gasteiger partial charge in [0.05, 0.1) is 5.56 Å². The highest BCUT2D eigenvalue weighted by molar-refractivity contribution is 5.76. The highest BCUT2D eigenvalue weighted by atomic mass is 19.4. The van der Waals surface area contributed by atoms with Crippen LogP contribution in [0.2, 0.25) is 0 Å². The van der Waals surface area contributed by atoms with E-state index in [9.17, 15) is 22.4 Å². The van der Waals surface area contributed by atoms with Crippen molar-refractivity contribution in [3.8, 4) is 11.4 Å². The van der Waals surface area contributed by atoms with Crippen LogP contribution in [0.15, 0.2) is 48.5 Å². The second-order valence-corrected chi connectivity index (χ2v) is 8.65. The number of hydrogen-bond donors (Lipinski definition) is 2. The number of aromatic nitrogens is 3. The third kappa shape index (κ3) is 6.46. The van der Waals surface area contributed by atoms with E-state index in [2.05, 4.69) is 25.6 Å². The summed E-state index contributed by atoms with van der Waals surface area (Å²) in [6.07, 6.45) is -2.64. The van der Waals surface area contributed by atoms with Crippen molar-refractivity contribution in [2.75, 3.05) is 30.4 Å². The summed E-state index contributed by atoms with van der Waals surface area (Å²) in [5.74, 6) is 0.937. The monoisotopic (exact) mass is 502 g/mol. The van der Waals surface area contributed by atoms with Gasteiger partial charge in [0.15, 0.2) is 5.82 Å². The molecule has 1 amide bonds. The summed E-state index contributed by atoms with van der Waals surface area (Å²) >= 11 is 0. The summed E-state index contributed by atoms with van der Waals surface area (Å²) in [5, 5.41) is 5.65. The van der Waals surface area contributed by atoms with Gasteiger partial charge in [0.1, 0.15) is 5.82 Å². The number of carbonyl (C=O) groups is 1. The number of nitrogens with one attached hydrogen (secondary N) is 2. The maximum absolute atomic E-state index is 13.3. The Bertz CT molecular complexity index is 1190. The molecule has 11 heteroatoms. The third-order valence-electron chi connectivity index (χ3n) is 6.07. The lowest BCUT2D eigenvalue weighted by Crippen LogP contribution is -2.37. The minimum Gasteiger partial charge on any atom is -0.357 e. The summed E-state index contributed by atoms with van der Waals surface area (Å²) in [7, 11) is 1.71. The Hall–Kier alpha value is -3.76. The number of alkyl halides is 3. The number of amides is 1. The molecule has 1 saturated heterocycles. The van der Waals surface area contributed by atoms with Crippen LogP contribution in [0, 0.1) is 11.7 Å². The zero-order valence-electron chi connectivity index (χ0n) is 19.6. The summed E-state index contributed by atoms with van der Waals surface area (Å²) in [6.45, 7) is 1.33. The Morgan fingerprint density at radius 2 is 1.78 bits per heavy atom. The molecule has 190 valence electrons. The van der Waals surface area contributed by atoms with Crippen molar-refractivity contribution in [3.63, 3.8) is 0 Å².